The highest BCUT2D eigenvalue weighted by Crippen LogP contribution is 2.30. The third-order valence-electron chi connectivity index (χ3n) is 3.60. The topological polar surface area (TPSA) is 79.9 Å². The summed E-state index contributed by atoms with van der Waals surface area (Å²) in [6.07, 6.45) is -3.22. The summed E-state index contributed by atoms with van der Waals surface area (Å²) in [6.45, 7) is 4.02. The van der Waals surface area contributed by atoms with E-state index in [1.54, 1.807) is 0 Å². The summed E-state index contributed by atoms with van der Waals surface area (Å²) < 4.78 is 45.2. The van der Waals surface area contributed by atoms with Gasteiger partial charge in [-0.25, -0.2) is 4.68 Å². The van der Waals surface area contributed by atoms with Crippen molar-refractivity contribution in [3.8, 4) is 11.8 Å². The lowest BCUT2D eigenvalue weighted by atomic mass is 10.1. The van der Waals surface area contributed by atoms with E-state index in [2.05, 4.69) is 10.4 Å². The molecule has 6 nitrogen and oxygen atoms in total. The molecule has 1 aromatic carbocycles. The fourth-order valence-corrected chi connectivity index (χ4v) is 2.33. The van der Waals surface area contributed by atoms with Gasteiger partial charge in [0.05, 0.1) is 24.1 Å². The highest BCUT2D eigenvalue weighted by molar-refractivity contribution is 5.95. The molecule has 1 heterocycles. The standard InChI is InChI=1S/C18H19F3N4O2/c1-12(2)27-9-7-14(11-22)24-17(26)13-4-3-5-15(10-13)25-16(6-8-23-25)18(19,20)21/h3-6,8,10,12,14H,7,9H2,1-2H3,(H,24,26). The minimum absolute atomic E-state index is 0.00799. The Labute approximate surface area is 154 Å². The summed E-state index contributed by atoms with van der Waals surface area (Å²) in [7, 11) is 0. The van der Waals surface area contributed by atoms with Crippen LogP contribution in [0, 0.1) is 11.3 Å². The molecule has 27 heavy (non-hydrogen) atoms. The number of amides is 1. The first kappa shape index (κ1) is 20.5. The molecule has 0 fully saturated rings. The summed E-state index contributed by atoms with van der Waals surface area (Å²) in [5.41, 5.74) is -0.724. The fraction of sp³-hybridized carbons (Fsp3) is 0.389. The molecule has 1 amide bonds. The lowest BCUT2D eigenvalue weighted by Gasteiger charge is -2.14. The largest absolute Gasteiger partial charge is 0.433 e. The van der Waals surface area contributed by atoms with Gasteiger partial charge >= 0.3 is 6.18 Å². The van der Waals surface area contributed by atoms with Gasteiger partial charge in [-0.1, -0.05) is 6.07 Å². The third-order valence-corrected chi connectivity index (χ3v) is 3.60. The number of hydrogen-bond acceptors (Lipinski definition) is 4. The second kappa shape index (κ2) is 8.68. The first-order chi connectivity index (χ1) is 12.7. The highest BCUT2D eigenvalue weighted by Gasteiger charge is 2.35. The van der Waals surface area contributed by atoms with Crippen molar-refractivity contribution in [2.45, 2.75) is 38.6 Å². The van der Waals surface area contributed by atoms with Gasteiger partial charge in [0.2, 0.25) is 0 Å². The van der Waals surface area contributed by atoms with E-state index in [0.717, 1.165) is 16.9 Å². The van der Waals surface area contributed by atoms with Crippen LogP contribution in [0.25, 0.3) is 5.69 Å². The van der Waals surface area contributed by atoms with Crippen LogP contribution in [0.15, 0.2) is 36.5 Å². The minimum Gasteiger partial charge on any atom is -0.379 e. The first-order valence-corrected chi connectivity index (χ1v) is 8.26. The van der Waals surface area contributed by atoms with Crippen LogP contribution in [-0.2, 0) is 10.9 Å². The van der Waals surface area contributed by atoms with Crippen LogP contribution in [0.4, 0.5) is 13.2 Å². The highest BCUT2D eigenvalue weighted by atomic mass is 19.4. The zero-order valence-corrected chi connectivity index (χ0v) is 14.8. The number of benzene rings is 1. The maximum Gasteiger partial charge on any atom is 0.433 e. The molecule has 0 radical (unpaired) electrons. The number of rotatable bonds is 7. The van der Waals surface area contributed by atoms with Gasteiger partial charge in [-0.05, 0) is 38.1 Å². The van der Waals surface area contributed by atoms with Gasteiger partial charge in [0.1, 0.15) is 11.7 Å². The summed E-state index contributed by atoms with van der Waals surface area (Å²) in [5.74, 6) is -0.561. The van der Waals surface area contributed by atoms with Crippen molar-refractivity contribution in [2.24, 2.45) is 0 Å². The van der Waals surface area contributed by atoms with Gasteiger partial charge in [-0.15, -0.1) is 0 Å². The van der Waals surface area contributed by atoms with Crippen molar-refractivity contribution in [1.29, 1.82) is 5.26 Å². The molecule has 1 unspecified atom stereocenters. The van der Waals surface area contributed by atoms with Crippen molar-refractivity contribution >= 4 is 5.91 Å². The molecule has 0 spiro atoms. The number of hydrogen-bond donors (Lipinski definition) is 1. The number of alkyl halides is 3. The maximum atomic E-state index is 13.0. The van der Waals surface area contributed by atoms with Crippen LogP contribution in [-0.4, -0.2) is 34.4 Å². The average Bonchev–Trinajstić information content (AvgIpc) is 3.10. The fourth-order valence-electron chi connectivity index (χ4n) is 2.33. The van der Waals surface area contributed by atoms with Gasteiger partial charge in [-0.2, -0.15) is 23.5 Å². The zero-order valence-electron chi connectivity index (χ0n) is 14.8. The number of ether oxygens (including phenoxy) is 1. The van der Waals surface area contributed by atoms with Crippen molar-refractivity contribution in [1.82, 2.24) is 15.1 Å². The molecule has 0 saturated carbocycles. The van der Waals surface area contributed by atoms with Crippen molar-refractivity contribution < 1.29 is 22.7 Å². The molecule has 2 rings (SSSR count). The predicted molar refractivity (Wildman–Crippen MR) is 91.1 cm³/mol. The van der Waals surface area contributed by atoms with E-state index in [4.69, 9.17) is 10.00 Å². The van der Waals surface area contributed by atoms with Crippen LogP contribution < -0.4 is 5.32 Å². The molecule has 0 saturated heterocycles. The van der Waals surface area contributed by atoms with E-state index in [0.29, 0.717) is 13.0 Å². The molecular weight excluding hydrogens is 361 g/mol. The van der Waals surface area contributed by atoms with Crippen LogP contribution in [0.2, 0.25) is 0 Å². The Bertz CT molecular complexity index is 824. The van der Waals surface area contributed by atoms with Crippen LogP contribution in [0.5, 0.6) is 0 Å². The predicted octanol–water partition coefficient (Wildman–Crippen LogP) is 3.33. The Morgan fingerprint density at radius 1 is 1.37 bits per heavy atom. The van der Waals surface area contributed by atoms with E-state index < -0.39 is 23.8 Å². The molecule has 0 bridgehead atoms. The molecule has 144 valence electrons. The average molecular weight is 380 g/mol. The molecule has 1 N–H and O–H groups in total. The van der Waals surface area contributed by atoms with E-state index >= 15 is 0 Å². The Kier molecular flexibility index (Phi) is 6.58. The molecule has 1 atom stereocenters. The van der Waals surface area contributed by atoms with Gasteiger partial charge in [0.25, 0.3) is 5.91 Å². The Morgan fingerprint density at radius 2 is 2.11 bits per heavy atom. The van der Waals surface area contributed by atoms with Crippen LogP contribution in [0.3, 0.4) is 0 Å². The quantitative estimate of drug-likeness (QED) is 0.799. The van der Waals surface area contributed by atoms with Crippen molar-refractivity contribution in [3.05, 3.63) is 47.8 Å². The van der Waals surface area contributed by atoms with E-state index in [1.807, 2.05) is 19.9 Å². The Hall–Kier alpha value is -2.86. The molecule has 0 aliphatic heterocycles. The number of nitrogens with zero attached hydrogens (tertiary/aromatic N) is 3. The molecule has 2 aromatic rings. The van der Waals surface area contributed by atoms with E-state index in [1.165, 1.54) is 24.3 Å². The summed E-state index contributed by atoms with van der Waals surface area (Å²) in [5, 5.41) is 15.4. The van der Waals surface area contributed by atoms with Gasteiger partial charge in [-0.3, -0.25) is 4.79 Å². The molecule has 0 aliphatic rings. The number of carbonyl (C=O) groups is 1. The number of halogens is 3. The van der Waals surface area contributed by atoms with Crippen molar-refractivity contribution in [2.75, 3.05) is 6.61 Å². The molecular formula is C18H19F3N4O2. The number of carbonyl (C=O) groups excluding carboxylic acids is 1. The molecule has 0 aliphatic carbocycles. The van der Waals surface area contributed by atoms with Gasteiger partial charge < -0.3 is 10.1 Å². The maximum absolute atomic E-state index is 13.0. The van der Waals surface area contributed by atoms with Gasteiger partial charge in [0, 0.05) is 18.6 Å². The second-order valence-electron chi connectivity index (χ2n) is 6.04. The number of nitriles is 1. The summed E-state index contributed by atoms with van der Waals surface area (Å²) in [6, 6.07) is 7.66. The third kappa shape index (κ3) is 5.56. The first-order valence-electron chi connectivity index (χ1n) is 8.26. The minimum atomic E-state index is -4.57. The monoisotopic (exact) mass is 380 g/mol. The number of nitrogens with one attached hydrogen (secondary N) is 1. The van der Waals surface area contributed by atoms with Crippen LogP contribution >= 0.6 is 0 Å². The van der Waals surface area contributed by atoms with E-state index in [9.17, 15) is 18.0 Å². The van der Waals surface area contributed by atoms with E-state index in [-0.39, 0.29) is 17.4 Å². The second-order valence-corrected chi connectivity index (χ2v) is 6.04. The van der Waals surface area contributed by atoms with Crippen LogP contribution in [0.1, 0.15) is 36.3 Å². The Morgan fingerprint density at radius 3 is 2.74 bits per heavy atom. The molecule has 9 heteroatoms. The Balaban J connectivity index is 2.14. The normalized spacial score (nSPS) is 12.6. The van der Waals surface area contributed by atoms with Gasteiger partial charge in [0.15, 0.2) is 0 Å². The zero-order chi connectivity index (χ0) is 20.0. The van der Waals surface area contributed by atoms with Crippen molar-refractivity contribution in [3.63, 3.8) is 0 Å². The summed E-state index contributed by atoms with van der Waals surface area (Å²) >= 11 is 0. The number of aromatic nitrogens is 2. The molecule has 1 aromatic heterocycles. The summed E-state index contributed by atoms with van der Waals surface area (Å²) in [4.78, 5) is 12.4. The smallest absolute Gasteiger partial charge is 0.379 e. The lowest BCUT2D eigenvalue weighted by molar-refractivity contribution is -0.142. The lowest BCUT2D eigenvalue weighted by Crippen LogP contribution is -2.34. The SMILES string of the molecule is CC(C)OCCC(C#N)NC(=O)c1cccc(-n2nccc2C(F)(F)F)c1.